The van der Waals surface area contributed by atoms with Gasteiger partial charge in [-0.2, -0.15) is 0 Å². The van der Waals surface area contributed by atoms with Crippen molar-refractivity contribution in [2.45, 2.75) is 31.5 Å². The van der Waals surface area contributed by atoms with Crippen LogP contribution in [0, 0.1) is 0 Å². The second kappa shape index (κ2) is 5.52. The van der Waals surface area contributed by atoms with E-state index < -0.39 is 30.5 Å². The lowest BCUT2D eigenvalue weighted by Crippen LogP contribution is -2.34. The Labute approximate surface area is 125 Å². The molecular formula is C13H16N4O5. The number of carbonyl (C=O) groups is 1. The Hall–Kier alpha value is -2.23. The fraction of sp³-hybridized carbons (Fsp3) is 0.462. The van der Waals surface area contributed by atoms with E-state index in [4.69, 9.17) is 15.2 Å². The van der Waals surface area contributed by atoms with E-state index in [0.717, 1.165) is 0 Å². The first kappa shape index (κ1) is 14.7. The molecule has 0 bridgehead atoms. The van der Waals surface area contributed by atoms with Crippen molar-refractivity contribution >= 4 is 22.8 Å². The van der Waals surface area contributed by atoms with E-state index >= 15 is 0 Å². The molecule has 4 unspecified atom stereocenters. The Kier molecular flexibility index (Phi) is 3.69. The van der Waals surface area contributed by atoms with Crippen molar-refractivity contribution in [3.8, 4) is 0 Å². The second-order valence-corrected chi connectivity index (χ2v) is 5.07. The molecule has 3 heterocycles. The van der Waals surface area contributed by atoms with Gasteiger partial charge in [0.15, 0.2) is 6.23 Å². The number of carbonyl (C=O) groups excluding carboxylic acids is 1. The number of nitrogens with zero attached hydrogens (tertiary/aromatic N) is 3. The van der Waals surface area contributed by atoms with Crippen LogP contribution in [0.5, 0.6) is 0 Å². The summed E-state index contributed by atoms with van der Waals surface area (Å²) in [5.74, 6) is -0.172. The number of nitrogen functional groups attached to an aromatic ring is 1. The number of ether oxygens (including phenoxy) is 2. The van der Waals surface area contributed by atoms with Crippen molar-refractivity contribution in [3.05, 3.63) is 18.6 Å². The van der Waals surface area contributed by atoms with E-state index in [1.807, 2.05) is 0 Å². The third-order valence-corrected chi connectivity index (χ3v) is 3.60. The van der Waals surface area contributed by atoms with Gasteiger partial charge in [-0.1, -0.05) is 0 Å². The molecule has 1 aliphatic rings. The van der Waals surface area contributed by atoms with E-state index in [0.29, 0.717) is 16.9 Å². The molecule has 1 saturated heterocycles. The first-order chi connectivity index (χ1) is 10.5. The topological polar surface area (TPSA) is 133 Å². The summed E-state index contributed by atoms with van der Waals surface area (Å²) in [6.07, 6.45) is -1.09. The Morgan fingerprint density at radius 2 is 2.23 bits per heavy atom. The molecule has 4 N–H and O–H groups in total. The lowest BCUT2D eigenvalue weighted by atomic mass is 10.1. The maximum atomic E-state index is 10.9. The van der Waals surface area contributed by atoms with E-state index in [9.17, 15) is 15.0 Å². The van der Waals surface area contributed by atoms with Crippen LogP contribution in [-0.4, -0.2) is 55.6 Å². The first-order valence-corrected chi connectivity index (χ1v) is 6.71. The smallest absolute Gasteiger partial charge is 0.302 e. The average Bonchev–Trinajstić information content (AvgIpc) is 3.01. The number of nitrogens with two attached hydrogens (primary N) is 1. The number of aliphatic hydroxyl groups is 2. The van der Waals surface area contributed by atoms with Gasteiger partial charge in [0, 0.05) is 13.1 Å². The molecule has 2 aromatic heterocycles. The van der Waals surface area contributed by atoms with Gasteiger partial charge < -0.3 is 30.0 Å². The van der Waals surface area contributed by atoms with E-state index in [2.05, 4.69) is 9.97 Å². The van der Waals surface area contributed by atoms with Gasteiger partial charge in [-0.15, -0.1) is 0 Å². The highest BCUT2D eigenvalue weighted by Gasteiger charge is 2.44. The van der Waals surface area contributed by atoms with Crippen molar-refractivity contribution in [2.24, 2.45) is 0 Å². The van der Waals surface area contributed by atoms with Crippen LogP contribution in [0.4, 0.5) is 5.82 Å². The molecule has 2 aromatic rings. The summed E-state index contributed by atoms with van der Waals surface area (Å²) in [5.41, 5.74) is 6.25. The van der Waals surface area contributed by atoms with Crippen LogP contribution < -0.4 is 5.73 Å². The van der Waals surface area contributed by atoms with Crippen molar-refractivity contribution in [1.29, 1.82) is 0 Å². The maximum absolute atomic E-state index is 10.9. The number of aromatic nitrogens is 3. The van der Waals surface area contributed by atoms with Crippen LogP contribution in [0.1, 0.15) is 13.2 Å². The molecule has 0 spiro atoms. The molecule has 0 aliphatic carbocycles. The monoisotopic (exact) mass is 308 g/mol. The summed E-state index contributed by atoms with van der Waals surface area (Å²) >= 11 is 0. The lowest BCUT2D eigenvalue weighted by Gasteiger charge is -2.17. The first-order valence-electron chi connectivity index (χ1n) is 6.71. The summed E-state index contributed by atoms with van der Waals surface area (Å²) in [7, 11) is 0. The van der Waals surface area contributed by atoms with Crippen LogP contribution in [0.3, 0.4) is 0 Å². The van der Waals surface area contributed by atoms with Gasteiger partial charge in [-0.05, 0) is 6.07 Å². The molecule has 9 heteroatoms. The van der Waals surface area contributed by atoms with Gasteiger partial charge in [0.25, 0.3) is 0 Å². The third-order valence-electron chi connectivity index (χ3n) is 3.60. The largest absolute Gasteiger partial charge is 0.463 e. The summed E-state index contributed by atoms with van der Waals surface area (Å²) in [5, 5.41) is 20.8. The highest BCUT2D eigenvalue weighted by atomic mass is 16.6. The highest BCUT2D eigenvalue weighted by Crippen LogP contribution is 2.32. The minimum atomic E-state index is -1.19. The molecule has 1 fully saturated rings. The number of rotatable bonds is 3. The minimum absolute atomic E-state index is 0.139. The van der Waals surface area contributed by atoms with Crippen LogP contribution in [0.25, 0.3) is 11.0 Å². The zero-order chi connectivity index (χ0) is 15.9. The quantitative estimate of drug-likeness (QED) is 0.627. The SMILES string of the molecule is CC(=O)OCC1OC(n2ccc3c(N)ncnc32)C(O)C1O. The Morgan fingerprint density at radius 3 is 2.95 bits per heavy atom. The van der Waals surface area contributed by atoms with Crippen LogP contribution in [-0.2, 0) is 14.3 Å². The Balaban J connectivity index is 1.87. The summed E-state index contributed by atoms with van der Waals surface area (Å²) in [6, 6.07) is 1.70. The van der Waals surface area contributed by atoms with Gasteiger partial charge >= 0.3 is 5.97 Å². The molecule has 22 heavy (non-hydrogen) atoms. The van der Waals surface area contributed by atoms with Gasteiger partial charge in [0.2, 0.25) is 0 Å². The second-order valence-electron chi connectivity index (χ2n) is 5.07. The van der Waals surface area contributed by atoms with Gasteiger partial charge in [0.1, 0.15) is 42.7 Å². The number of hydrogen-bond donors (Lipinski definition) is 3. The maximum Gasteiger partial charge on any atom is 0.302 e. The molecule has 0 aromatic carbocycles. The predicted molar refractivity (Wildman–Crippen MR) is 74.5 cm³/mol. The molecular weight excluding hydrogens is 292 g/mol. The van der Waals surface area contributed by atoms with Gasteiger partial charge in [-0.3, -0.25) is 4.79 Å². The van der Waals surface area contributed by atoms with Crippen molar-refractivity contribution in [1.82, 2.24) is 14.5 Å². The van der Waals surface area contributed by atoms with Crippen LogP contribution >= 0.6 is 0 Å². The number of hydrogen-bond acceptors (Lipinski definition) is 8. The predicted octanol–water partition coefficient (Wildman–Crippen LogP) is -0.804. The lowest BCUT2D eigenvalue weighted by molar-refractivity contribution is -0.147. The number of esters is 1. The number of anilines is 1. The minimum Gasteiger partial charge on any atom is -0.463 e. The molecule has 0 saturated carbocycles. The fourth-order valence-electron chi connectivity index (χ4n) is 2.49. The average molecular weight is 308 g/mol. The Bertz CT molecular complexity index is 703. The molecule has 0 radical (unpaired) electrons. The standard InChI is InChI=1S/C13H16N4O5/c1-6(18)21-4-8-9(19)10(20)13(22-8)17-3-2-7-11(14)15-5-16-12(7)17/h2-3,5,8-10,13,19-20H,4H2,1H3,(H2,14,15,16). The molecule has 1 aliphatic heterocycles. The van der Waals surface area contributed by atoms with Crippen molar-refractivity contribution in [3.63, 3.8) is 0 Å². The number of aliphatic hydroxyl groups excluding tert-OH is 2. The van der Waals surface area contributed by atoms with Gasteiger partial charge in [0.05, 0.1) is 5.39 Å². The summed E-state index contributed by atoms with van der Waals surface area (Å²) in [4.78, 5) is 18.9. The fourth-order valence-corrected chi connectivity index (χ4v) is 2.49. The highest BCUT2D eigenvalue weighted by molar-refractivity contribution is 5.86. The Morgan fingerprint density at radius 1 is 1.45 bits per heavy atom. The van der Waals surface area contributed by atoms with Crippen LogP contribution in [0.2, 0.25) is 0 Å². The van der Waals surface area contributed by atoms with Crippen LogP contribution in [0.15, 0.2) is 18.6 Å². The third kappa shape index (κ3) is 2.39. The molecule has 118 valence electrons. The summed E-state index contributed by atoms with van der Waals surface area (Å²) < 4.78 is 12.0. The zero-order valence-electron chi connectivity index (χ0n) is 11.8. The molecule has 3 rings (SSSR count). The molecule has 4 atom stereocenters. The van der Waals surface area contributed by atoms with Crippen molar-refractivity contribution < 1.29 is 24.5 Å². The summed E-state index contributed by atoms with van der Waals surface area (Å²) in [6.45, 7) is 1.12. The van der Waals surface area contributed by atoms with Gasteiger partial charge in [-0.25, -0.2) is 9.97 Å². The van der Waals surface area contributed by atoms with E-state index in [1.165, 1.54) is 13.3 Å². The number of fused-ring (bicyclic) bond motifs is 1. The van der Waals surface area contributed by atoms with E-state index in [1.54, 1.807) is 16.8 Å². The van der Waals surface area contributed by atoms with E-state index in [-0.39, 0.29) is 6.61 Å². The molecule has 0 amide bonds. The van der Waals surface area contributed by atoms with Crippen molar-refractivity contribution in [2.75, 3.05) is 12.3 Å². The normalized spacial score (nSPS) is 28.1. The molecule has 9 nitrogen and oxygen atoms in total. The zero-order valence-corrected chi connectivity index (χ0v) is 11.8.